The fraction of sp³-hybridized carbons (Fsp3) is 0. The van der Waals surface area contributed by atoms with Crippen molar-refractivity contribution in [3.8, 4) is 56.2 Å². The Labute approximate surface area is 271 Å². The lowest BCUT2D eigenvalue weighted by Gasteiger charge is -2.12. The van der Waals surface area contributed by atoms with E-state index in [-0.39, 0.29) is 0 Å². The van der Waals surface area contributed by atoms with Gasteiger partial charge in [-0.05, 0) is 41.0 Å². The molecule has 4 nitrogen and oxygen atoms in total. The van der Waals surface area contributed by atoms with Crippen molar-refractivity contribution in [2.75, 3.05) is 0 Å². The summed E-state index contributed by atoms with van der Waals surface area (Å²) in [4.78, 5) is 15.1. The number of benzene rings is 6. The van der Waals surface area contributed by atoms with Gasteiger partial charge in [0.1, 0.15) is 5.58 Å². The third-order valence-corrected chi connectivity index (χ3v) is 8.72. The first-order valence-corrected chi connectivity index (χ1v) is 15.7. The second-order valence-electron chi connectivity index (χ2n) is 11.6. The monoisotopic (exact) mass is 601 g/mol. The largest absolute Gasteiger partial charge is 0.438 e. The number of aromatic nitrogens is 3. The van der Waals surface area contributed by atoms with Crippen LogP contribution in [0.25, 0.3) is 89.1 Å². The molecule has 0 aliphatic carbocycles. The van der Waals surface area contributed by atoms with Crippen LogP contribution >= 0.6 is 0 Å². The summed E-state index contributed by atoms with van der Waals surface area (Å²) >= 11 is 0. The Morgan fingerprint density at radius 3 is 1.77 bits per heavy atom. The summed E-state index contributed by atoms with van der Waals surface area (Å²) in [7, 11) is 0. The predicted octanol–water partition coefficient (Wildman–Crippen LogP) is 11.3. The van der Waals surface area contributed by atoms with Crippen LogP contribution in [0.2, 0.25) is 0 Å². The Balaban J connectivity index is 1.19. The zero-order valence-electron chi connectivity index (χ0n) is 25.3. The zero-order valence-corrected chi connectivity index (χ0v) is 25.3. The van der Waals surface area contributed by atoms with Crippen molar-refractivity contribution in [2.24, 2.45) is 0 Å². The number of furan rings is 1. The lowest BCUT2D eigenvalue weighted by molar-refractivity contribution is 0.656. The number of nitrogens with zero attached hydrogens (tertiary/aromatic N) is 3. The number of hydrogen-bond donors (Lipinski definition) is 0. The van der Waals surface area contributed by atoms with Gasteiger partial charge in [-0.15, -0.1) is 0 Å². The van der Waals surface area contributed by atoms with Crippen LogP contribution in [0.1, 0.15) is 0 Å². The molecule has 0 atom stereocenters. The van der Waals surface area contributed by atoms with Crippen molar-refractivity contribution in [1.82, 2.24) is 15.0 Å². The van der Waals surface area contributed by atoms with Gasteiger partial charge >= 0.3 is 0 Å². The van der Waals surface area contributed by atoms with Crippen LogP contribution in [0.15, 0.2) is 168 Å². The maximum absolute atomic E-state index is 6.23. The standard InChI is InChI=1S/C43H27N3O/c1-3-12-28(13-4-1)32-16-11-17-33(26-32)38-27-37(29-14-5-2-6-15-29)44-42(45-38)31-24-22-30(23-25-31)40-34-18-7-9-20-36(34)46-43-41(40)35-19-8-10-21-39(35)47-43/h1-27H. The highest BCUT2D eigenvalue weighted by atomic mass is 16.3. The predicted molar refractivity (Wildman–Crippen MR) is 192 cm³/mol. The molecule has 0 aliphatic heterocycles. The van der Waals surface area contributed by atoms with Crippen LogP contribution in [0.4, 0.5) is 0 Å². The SMILES string of the molecule is c1ccc(-c2cccc(-c3cc(-c4ccccc4)nc(-c4ccc(-c5c6ccccc6nc6oc7ccccc7c56)cc4)n3)c2)cc1. The Morgan fingerprint density at radius 1 is 0.383 bits per heavy atom. The second-order valence-corrected chi connectivity index (χ2v) is 11.6. The number of para-hydroxylation sites is 2. The first-order chi connectivity index (χ1) is 23.3. The average molecular weight is 602 g/mol. The molecule has 6 aromatic carbocycles. The van der Waals surface area contributed by atoms with Gasteiger partial charge < -0.3 is 4.42 Å². The molecule has 47 heavy (non-hydrogen) atoms. The molecule has 0 amide bonds. The smallest absolute Gasteiger partial charge is 0.228 e. The highest BCUT2D eigenvalue weighted by Gasteiger charge is 2.18. The first-order valence-electron chi connectivity index (χ1n) is 15.7. The van der Waals surface area contributed by atoms with Gasteiger partial charge in [0, 0.05) is 33.0 Å². The van der Waals surface area contributed by atoms with Gasteiger partial charge in [0.25, 0.3) is 0 Å². The molecule has 3 heterocycles. The average Bonchev–Trinajstić information content (AvgIpc) is 3.52. The Kier molecular flexibility index (Phi) is 6.43. The van der Waals surface area contributed by atoms with E-state index >= 15 is 0 Å². The topological polar surface area (TPSA) is 51.8 Å². The van der Waals surface area contributed by atoms with Crippen molar-refractivity contribution in [3.63, 3.8) is 0 Å². The summed E-state index contributed by atoms with van der Waals surface area (Å²) in [5.41, 5.74) is 11.7. The molecule has 220 valence electrons. The van der Waals surface area contributed by atoms with Crippen molar-refractivity contribution in [1.29, 1.82) is 0 Å². The molecule has 0 bridgehead atoms. The second kappa shape index (κ2) is 11.2. The van der Waals surface area contributed by atoms with Crippen LogP contribution in [0.5, 0.6) is 0 Å². The molecule has 9 aromatic rings. The number of hydrogen-bond acceptors (Lipinski definition) is 4. The van der Waals surface area contributed by atoms with Crippen LogP contribution < -0.4 is 0 Å². The minimum atomic E-state index is 0.644. The Morgan fingerprint density at radius 2 is 0.979 bits per heavy atom. The van der Waals surface area contributed by atoms with Gasteiger partial charge in [0.2, 0.25) is 5.71 Å². The van der Waals surface area contributed by atoms with Gasteiger partial charge in [-0.1, -0.05) is 140 Å². The van der Waals surface area contributed by atoms with E-state index in [0.29, 0.717) is 11.5 Å². The highest BCUT2D eigenvalue weighted by molar-refractivity contribution is 6.18. The van der Waals surface area contributed by atoms with E-state index in [4.69, 9.17) is 19.4 Å². The van der Waals surface area contributed by atoms with Crippen LogP contribution in [-0.2, 0) is 0 Å². The normalized spacial score (nSPS) is 11.4. The van der Waals surface area contributed by atoms with Crippen molar-refractivity contribution in [3.05, 3.63) is 164 Å². The summed E-state index contributed by atoms with van der Waals surface area (Å²) < 4.78 is 6.23. The van der Waals surface area contributed by atoms with Gasteiger partial charge in [-0.3, -0.25) is 0 Å². The summed E-state index contributed by atoms with van der Waals surface area (Å²) in [6, 6.07) is 56.3. The molecule has 0 unspecified atom stereocenters. The lowest BCUT2D eigenvalue weighted by atomic mass is 9.95. The molecule has 0 spiro atoms. The maximum Gasteiger partial charge on any atom is 0.228 e. The Bertz CT molecular complexity index is 2550. The molecule has 3 aromatic heterocycles. The molecule has 0 radical (unpaired) electrons. The van der Waals surface area contributed by atoms with E-state index in [9.17, 15) is 0 Å². The molecule has 0 N–H and O–H groups in total. The fourth-order valence-corrected chi connectivity index (χ4v) is 6.44. The Hall–Kier alpha value is -6.39. The first kappa shape index (κ1) is 27.0. The fourth-order valence-electron chi connectivity index (χ4n) is 6.44. The molecule has 9 rings (SSSR count). The maximum atomic E-state index is 6.23. The van der Waals surface area contributed by atoms with Gasteiger partial charge in [-0.2, -0.15) is 0 Å². The minimum Gasteiger partial charge on any atom is -0.438 e. The van der Waals surface area contributed by atoms with E-state index in [1.54, 1.807) is 0 Å². The van der Waals surface area contributed by atoms with Crippen LogP contribution in [0.3, 0.4) is 0 Å². The van der Waals surface area contributed by atoms with Crippen LogP contribution in [-0.4, -0.2) is 15.0 Å². The van der Waals surface area contributed by atoms with Crippen LogP contribution in [0, 0.1) is 0 Å². The molecule has 0 saturated heterocycles. The summed E-state index contributed by atoms with van der Waals surface area (Å²) in [5.74, 6) is 0.677. The number of pyridine rings is 1. The molecule has 4 heteroatoms. The minimum absolute atomic E-state index is 0.644. The molecule has 0 saturated carbocycles. The van der Waals surface area contributed by atoms with E-state index in [0.717, 1.165) is 72.0 Å². The quantitative estimate of drug-likeness (QED) is 0.197. The molecular formula is C43H27N3O. The van der Waals surface area contributed by atoms with Crippen molar-refractivity contribution in [2.45, 2.75) is 0 Å². The number of rotatable bonds is 5. The third-order valence-electron chi connectivity index (χ3n) is 8.72. The molecule has 0 fully saturated rings. The summed E-state index contributed by atoms with van der Waals surface area (Å²) in [6.07, 6.45) is 0. The van der Waals surface area contributed by atoms with E-state index in [1.807, 2.05) is 54.6 Å². The summed E-state index contributed by atoms with van der Waals surface area (Å²) in [6.45, 7) is 0. The highest BCUT2D eigenvalue weighted by Crippen LogP contribution is 2.41. The van der Waals surface area contributed by atoms with Crippen molar-refractivity contribution >= 4 is 33.0 Å². The van der Waals surface area contributed by atoms with E-state index in [1.165, 1.54) is 5.56 Å². The molecule has 0 aliphatic rings. The number of fused-ring (bicyclic) bond motifs is 4. The van der Waals surface area contributed by atoms with Gasteiger partial charge in [0.05, 0.1) is 22.3 Å². The van der Waals surface area contributed by atoms with E-state index < -0.39 is 0 Å². The van der Waals surface area contributed by atoms with E-state index in [2.05, 4.69) is 109 Å². The molecular weight excluding hydrogens is 574 g/mol. The van der Waals surface area contributed by atoms with Gasteiger partial charge in [0.15, 0.2) is 5.82 Å². The van der Waals surface area contributed by atoms with Gasteiger partial charge in [-0.25, -0.2) is 15.0 Å². The zero-order chi connectivity index (χ0) is 31.2. The lowest BCUT2D eigenvalue weighted by Crippen LogP contribution is -1.96. The van der Waals surface area contributed by atoms with Crippen molar-refractivity contribution < 1.29 is 4.42 Å². The third kappa shape index (κ3) is 4.84. The summed E-state index contributed by atoms with van der Waals surface area (Å²) in [5, 5.41) is 3.17.